The summed E-state index contributed by atoms with van der Waals surface area (Å²) in [5.41, 5.74) is 14.1. The highest BCUT2D eigenvalue weighted by atomic mass is 32.1. The molecule has 6 rings (SSSR count). The lowest BCUT2D eigenvalue weighted by molar-refractivity contribution is 0.838. The van der Waals surface area contributed by atoms with Crippen LogP contribution in [0.4, 0.5) is 0 Å². The van der Waals surface area contributed by atoms with Gasteiger partial charge in [0.2, 0.25) is 0 Å². The van der Waals surface area contributed by atoms with Crippen LogP contribution >= 0.6 is 22.7 Å². The van der Waals surface area contributed by atoms with Crippen LogP contribution in [0.2, 0.25) is 33.2 Å². The third-order valence-electron chi connectivity index (χ3n) is 11.8. The molecule has 0 amide bonds. The van der Waals surface area contributed by atoms with E-state index in [0.717, 1.165) is 0 Å². The van der Waals surface area contributed by atoms with Gasteiger partial charge in [-0.05, 0) is 101 Å². The van der Waals surface area contributed by atoms with Crippen molar-refractivity contribution in [2.24, 2.45) is 0 Å². The maximum absolute atomic E-state index is 4.09. The van der Waals surface area contributed by atoms with Gasteiger partial charge in [0.15, 0.2) is 0 Å². The Morgan fingerprint density at radius 1 is 0.438 bits per heavy atom. The molecule has 4 aromatic carbocycles. The molecule has 0 aliphatic heterocycles. The number of rotatable bonds is 6. The van der Waals surface area contributed by atoms with Gasteiger partial charge < -0.3 is 0 Å². The van der Waals surface area contributed by atoms with Gasteiger partial charge in [-0.25, -0.2) is 0 Å². The topological polar surface area (TPSA) is 0 Å². The number of hydrogen-bond donors (Lipinski definition) is 0. The first-order chi connectivity index (χ1) is 22.7. The van der Waals surface area contributed by atoms with Crippen LogP contribution in [0.1, 0.15) is 94.2 Å². The lowest BCUT2D eigenvalue weighted by Gasteiger charge is -2.38. The van der Waals surface area contributed by atoms with Crippen molar-refractivity contribution in [3.05, 3.63) is 70.4 Å². The quantitative estimate of drug-likeness (QED) is 0.0922. The van der Waals surface area contributed by atoms with Gasteiger partial charge >= 0.3 is 0 Å². The van der Waals surface area contributed by atoms with Crippen molar-refractivity contribution in [3.63, 3.8) is 0 Å². The highest BCUT2D eigenvalue weighted by molar-refractivity contribution is 7.18. The molecule has 48 heavy (non-hydrogen) atoms. The Hall–Kier alpha value is -2.87. The van der Waals surface area contributed by atoms with Gasteiger partial charge in [0.1, 0.15) is 16.1 Å². The van der Waals surface area contributed by atoms with Crippen LogP contribution in [0.3, 0.4) is 0 Å². The molecule has 248 valence electrons. The van der Waals surface area contributed by atoms with Crippen LogP contribution in [0, 0.1) is 22.9 Å². The summed E-state index contributed by atoms with van der Waals surface area (Å²) in [4.78, 5) is 0. The minimum Gasteiger partial charge on any atom is -0.143 e. The van der Waals surface area contributed by atoms with E-state index in [1.807, 2.05) is 22.7 Å². The van der Waals surface area contributed by atoms with Gasteiger partial charge in [0, 0.05) is 31.3 Å². The summed E-state index contributed by atoms with van der Waals surface area (Å²) in [6, 6.07) is 18.7. The standard InChI is InChI=1S/C44H52S2Si2/c1-27(2)47(28(3)4,29(5)6)23-19-35-25-39-38-16-14-34-18-22-46-44(34)42(38)36(20-24-48(30(7)8,31(9)10)32(11)12)26-40(39)37-15-13-33-17-21-45-43(33)41(35)37/h13-18,21-22,25-32H,1-12H3. The van der Waals surface area contributed by atoms with E-state index in [1.165, 1.54) is 63.6 Å². The Labute approximate surface area is 299 Å². The van der Waals surface area contributed by atoms with Crippen LogP contribution in [0.25, 0.3) is 52.5 Å². The average Bonchev–Trinajstić information content (AvgIpc) is 3.70. The Morgan fingerprint density at radius 3 is 1.08 bits per heavy atom. The van der Waals surface area contributed by atoms with Crippen LogP contribution in [-0.2, 0) is 0 Å². The second kappa shape index (κ2) is 13.1. The predicted molar refractivity (Wildman–Crippen MR) is 226 cm³/mol. The van der Waals surface area contributed by atoms with Gasteiger partial charge in [-0.15, -0.1) is 33.8 Å². The van der Waals surface area contributed by atoms with E-state index >= 15 is 0 Å². The Kier molecular flexibility index (Phi) is 9.55. The summed E-state index contributed by atoms with van der Waals surface area (Å²) in [5.74, 6) is 7.88. The smallest absolute Gasteiger partial charge is 0.143 e. The molecule has 0 N–H and O–H groups in total. The molecule has 0 bridgehead atoms. The molecular formula is C44H52S2Si2. The fourth-order valence-corrected chi connectivity index (χ4v) is 21.9. The maximum atomic E-state index is 4.09. The van der Waals surface area contributed by atoms with E-state index in [2.05, 4.69) is 165 Å². The van der Waals surface area contributed by atoms with E-state index in [1.54, 1.807) is 0 Å². The summed E-state index contributed by atoms with van der Waals surface area (Å²) in [5, 5.41) is 14.9. The molecule has 2 heterocycles. The summed E-state index contributed by atoms with van der Waals surface area (Å²) >= 11 is 3.70. The zero-order valence-electron chi connectivity index (χ0n) is 31.1. The number of thiophene rings is 2. The van der Waals surface area contributed by atoms with E-state index in [4.69, 9.17) is 0 Å². The van der Waals surface area contributed by atoms with Crippen LogP contribution in [-0.4, -0.2) is 16.1 Å². The largest absolute Gasteiger partial charge is 0.146 e. The molecule has 4 heteroatoms. The Balaban J connectivity index is 1.78. The molecular weight excluding hydrogens is 649 g/mol. The van der Waals surface area contributed by atoms with E-state index in [9.17, 15) is 0 Å². The normalized spacial score (nSPS) is 13.0. The van der Waals surface area contributed by atoms with Crippen molar-refractivity contribution in [2.75, 3.05) is 0 Å². The van der Waals surface area contributed by atoms with Crippen LogP contribution in [0.15, 0.2) is 59.3 Å². The molecule has 0 nitrogen and oxygen atoms in total. The van der Waals surface area contributed by atoms with E-state index in [-0.39, 0.29) is 0 Å². The third-order valence-corrected chi connectivity index (χ3v) is 26.3. The molecule has 6 aromatic rings. The minimum atomic E-state index is -1.93. The van der Waals surface area contributed by atoms with Gasteiger partial charge in [-0.1, -0.05) is 119 Å². The summed E-state index contributed by atoms with van der Waals surface area (Å²) < 4.78 is 2.69. The lowest BCUT2D eigenvalue weighted by Crippen LogP contribution is -2.43. The third kappa shape index (κ3) is 5.40. The molecule has 0 radical (unpaired) electrons. The molecule has 0 saturated heterocycles. The van der Waals surface area contributed by atoms with E-state index in [0.29, 0.717) is 33.2 Å². The molecule has 0 spiro atoms. The minimum absolute atomic E-state index is 0.589. The zero-order chi connectivity index (χ0) is 34.7. The highest BCUT2D eigenvalue weighted by Crippen LogP contribution is 2.45. The lowest BCUT2D eigenvalue weighted by atomic mass is 9.90. The first kappa shape index (κ1) is 35.0. The Bertz CT molecular complexity index is 2080. The van der Waals surface area contributed by atoms with Gasteiger partial charge in [0.25, 0.3) is 0 Å². The molecule has 0 aliphatic rings. The van der Waals surface area contributed by atoms with Gasteiger partial charge in [-0.2, -0.15) is 0 Å². The SMILES string of the molecule is CC(C)[Si](C#Cc1cc2c(cc(C#C[Si](C(C)C)(C(C)C)C(C)C)c3c2ccc2ccsc23)c2ccc3ccsc3c12)(C(C)C)C(C)C. The average molecular weight is 701 g/mol. The molecule has 0 atom stereocenters. The fraction of sp³-hybridized carbons (Fsp3) is 0.409. The molecule has 0 saturated carbocycles. The van der Waals surface area contributed by atoms with Crippen LogP contribution in [0.5, 0.6) is 0 Å². The summed E-state index contributed by atoms with van der Waals surface area (Å²) in [6.45, 7) is 28.9. The van der Waals surface area contributed by atoms with Crippen molar-refractivity contribution >= 4 is 91.3 Å². The fourth-order valence-electron chi connectivity index (χ4n) is 9.50. The van der Waals surface area contributed by atoms with E-state index < -0.39 is 16.1 Å². The zero-order valence-corrected chi connectivity index (χ0v) is 34.7. The summed E-state index contributed by atoms with van der Waals surface area (Å²) in [7, 11) is -3.87. The first-order valence-electron chi connectivity index (χ1n) is 18.0. The second-order valence-electron chi connectivity index (χ2n) is 15.9. The van der Waals surface area contributed by atoms with Crippen LogP contribution < -0.4 is 0 Å². The molecule has 2 aromatic heterocycles. The first-order valence-corrected chi connectivity index (χ1v) is 24.2. The number of hydrogen-bond acceptors (Lipinski definition) is 2. The predicted octanol–water partition coefficient (Wildman–Crippen LogP) is 14.7. The van der Waals surface area contributed by atoms with Crippen molar-refractivity contribution in [1.82, 2.24) is 0 Å². The van der Waals surface area contributed by atoms with Crippen molar-refractivity contribution < 1.29 is 0 Å². The summed E-state index contributed by atoms with van der Waals surface area (Å²) in [6.07, 6.45) is 0. The number of benzene rings is 4. The van der Waals surface area contributed by atoms with Crippen molar-refractivity contribution in [3.8, 4) is 22.9 Å². The van der Waals surface area contributed by atoms with Gasteiger partial charge in [0.05, 0.1) is 0 Å². The van der Waals surface area contributed by atoms with Crippen molar-refractivity contribution in [2.45, 2.75) is 116 Å². The maximum Gasteiger partial charge on any atom is 0.146 e. The highest BCUT2D eigenvalue weighted by Gasteiger charge is 2.42. The number of fused-ring (bicyclic) bond motifs is 9. The Morgan fingerprint density at radius 2 is 0.771 bits per heavy atom. The molecule has 0 aliphatic carbocycles. The molecule has 0 fully saturated rings. The van der Waals surface area contributed by atoms with Crippen molar-refractivity contribution in [1.29, 1.82) is 0 Å². The van der Waals surface area contributed by atoms with Gasteiger partial charge in [-0.3, -0.25) is 0 Å². The molecule has 0 unspecified atom stereocenters. The second-order valence-corrected chi connectivity index (χ2v) is 28.9. The monoisotopic (exact) mass is 700 g/mol.